The minimum Gasteiger partial charge on any atom is -0.497 e. The second kappa shape index (κ2) is 7.23. The van der Waals surface area contributed by atoms with Crippen LogP contribution in [0.2, 0.25) is 0 Å². The Labute approximate surface area is 144 Å². The molecule has 0 fully saturated rings. The first-order valence-electron chi connectivity index (χ1n) is 7.59. The molecule has 0 aliphatic carbocycles. The van der Waals surface area contributed by atoms with Crippen LogP contribution in [0.3, 0.4) is 0 Å². The molecule has 0 aliphatic rings. The summed E-state index contributed by atoms with van der Waals surface area (Å²) in [6.07, 6.45) is 0.847. The Bertz CT molecular complexity index is 861. The maximum Gasteiger partial charge on any atom is 0.269 e. The highest BCUT2D eigenvalue weighted by Gasteiger charge is 2.19. The first-order valence-corrected chi connectivity index (χ1v) is 8.36. The molecule has 0 spiro atoms. The van der Waals surface area contributed by atoms with Gasteiger partial charge in [0.15, 0.2) is 0 Å². The second-order valence-corrected chi connectivity index (χ2v) is 5.90. The average molecular weight is 339 g/mol. The molecule has 1 heterocycles. The molecule has 0 saturated carbocycles. The predicted molar refractivity (Wildman–Crippen MR) is 95.7 cm³/mol. The van der Waals surface area contributed by atoms with Crippen molar-refractivity contribution in [3.05, 3.63) is 59.0 Å². The topological polar surface area (TPSA) is 64.1 Å². The Morgan fingerprint density at radius 2 is 2.04 bits per heavy atom. The minimum atomic E-state index is -0.205. The van der Waals surface area contributed by atoms with Gasteiger partial charge in [-0.1, -0.05) is 41.7 Å². The van der Waals surface area contributed by atoms with Crippen molar-refractivity contribution < 1.29 is 9.53 Å². The van der Waals surface area contributed by atoms with Crippen molar-refractivity contribution in [1.29, 1.82) is 0 Å². The normalized spacial score (nSPS) is 10.4. The Balaban J connectivity index is 1.90. The van der Waals surface area contributed by atoms with Gasteiger partial charge in [0, 0.05) is 11.3 Å². The van der Waals surface area contributed by atoms with Gasteiger partial charge in [-0.05, 0) is 41.7 Å². The summed E-state index contributed by atoms with van der Waals surface area (Å²) >= 11 is 1.08. The number of hydrogen-bond acceptors (Lipinski definition) is 5. The van der Waals surface area contributed by atoms with Gasteiger partial charge in [-0.2, -0.15) is 0 Å². The number of anilines is 1. The number of nitrogens with one attached hydrogen (secondary N) is 1. The number of aryl methyl sites for hydroxylation is 1. The summed E-state index contributed by atoms with van der Waals surface area (Å²) in [5.41, 5.74) is 3.27. The Hall–Kier alpha value is -2.73. The van der Waals surface area contributed by atoms with Crippen molar-refractivity contribution >= 4 is 23.1 Å². The van der Waals surface area contributed by atoms with E-state index in [0.717, 1.165) is 34.8 Å². The molecule has 1 N–H and O–H groups in total. The number of aromatic nitrogens is 2. The Morgan fingerprint density at radius 1 is 1.21 bits per heavy atom. The second-order valence-electron chi connectivity index (χ2n) is 5.15. The number of para-hydroxylation sites is 1. The number of methoxy groups -OCH3 is 1. The van der Waals surface area contributed by atoms with Crippen LogP contribution in [-0.4, -0.2) is 22.6 Å². The molecule has 0 atom stereocenters. The summed E-state index contributed by atoms with van der Waals surface area (Å²) in [6.45, 7) is 2.06. The van der Waals surface area contributed by atoms with Crippen LogP contribution in [-0.2, 0) is 6.42 Å². The predicted octanol–water partition coefficient (Wildman–Crippen LogP) is 4.03. The van der Waals surface area contributed by atoms with Crippen LogP contribution in [0.25, 0.3) is 11.3 Å². The van der Waals surface area contributed by atoms with Crippen molar-refractivity contribution in [3.8, 4) is 17.0 Å². The summed E-state index contributed by atoms with van der Waals surface area (Å²) in [6, 6.07) is 15.2. The first-order chi connectivity index (χ1) is 11.7. The Morgan fingerprint density at radius 3 is 2.83 bits per heavy atom. The molecule has 1 aromatic heterocycles. The van der Waals surface area contributed by atoms with Crippen molar-refractivity contribution in [2.24, 2.45) is 0 Å². The maximum atomic E-state index is 12.7. The van der Waals surface area contributed by atoms with Gasteiger partial charge >= 0.3 is 0 Å². The third kappa shape index (κ3) is 3.28. The highest BCUT2D eigenvalue weighted by molar-refractivity contribution is 7.08. The fourth-order valence-electron chi connectivity index (χ4n) is 2.43. The third-order valence-corrected chi connectivity index (χ3v) is 4.41. The van der Waals surface area contributed by atoms with Crippen LogP contribution >= 0.6 is 11.5 Å². The van der Waals surface area contributed by atoms with Crippen molar-refractivity contribution in [2.75, 3.05) is 12.4 Å². The monoisotopic (exact) mass is 339 g/mol. The number of nitrogens with zero attached hydrogens (tertiary/aromatic N) is 2. The summed E-state index contributed by atoms with van der Waals surface area (Å²) in [7, 11) is 1.60. The molecule has 0 saturated heterocycles. The van der Waals surface area contributed by atoms with Crippen molar-refractivity contribution in [3.63, 3.8) is 0 Å². The van der Waals surface area contributed by atoms with Crippen LogP contribution < -0.4 is 10.1 Å². The van der Waals surface area contributed by atoms with Gasteiger partial charge in [0.2, 0.25) is 0 Å². The molecule has 0 bridgehead atoms. The largest absolute Gasteiger partial charge is 0.497 e. The van der Waals surface area contributed by atoms with E-state index in [1.165, 1.54) is 0 Å². The van der Waals surface area contributed by atoms with Crippen LogP contribution in [0.5, 0.6) is 5.75 Å². The van der Waals surface area contributed by atoms with E-state index in [0.29, 0.717) is 16.3 Å². The van der Waals surface area contributed by atoms with E-state index in [1.807, 2.05) is 48.5 Å². The molecule has 0 radical (unpaired) electrons. The van der Waals surface area contributed by atoms with Gasteiger partial charge in [-0.25, -0.2) is 0 Å². The molecule has 122 valence electrons. The zero-order valence-corrected chi connectivity index (χ0v) is 14.3. The highest BCUT2D eigenvalue weighted by Crippen LogP contribution is 2.28. The van der Waals surface area contributed by atoms with Crippen LogP contribution in [0.1, 0.15) is 22.2 Å². The quantitative estimate of drug-likeness (QED) is 0.762. The number of hydrogen-bond donors (Lipinski definition) is 1. The maximum absolute atomic E-state index is 12.7. The minimum absolute atomic E-state index is 0.205. The van der Waals surface area contributed by atoms with E-state index < -0.39 is 0 Å². The zero-order valence-electron chi connectivity index (χ0n) is 13.4. The molecule has 0 aliphatic heterocycles. The van der Waals surface area contributed by atoms with E-state index in [2.05, 4.69) is 21.8 Å². The smallest absolute Gasteiger partial charge is 0.269 e. The number of carbonyl (C=O) groups is 1. The summed E-state index contributed by atoms with van der Waals surface area (Å²) in [4.78, 5) is 13.2. The van der Waals surface area contributed by atoms with Gasteiger partial charge in [0.05, 0.1) is 7.11 Å². The van der Waals surface area contributed by atoms with Crippen molar-refractivity contribution in [1.82, 2.24) is 9.59 Å². The first kappa shape index (κ1) is 16.1. The van der Waals surface area contributed by atoms with E-state index in [4.69, 9.17) is 4.74 Å². The lowest BCUT2D eigenvalue weighted by Crippen LogP contribution is -2.12. The summed E-state index contributed by atoms with van der Waals surface area (Å²) in [5, 5.41) is 7.08. The molecule has 6 heteroatoms. The molecule has 1 amide bonds. The molecule has 5 nitrogen and oxygen atoms in total. The average Bonchev–Trinajstić information content (AvgIpc) is 3.12. The SMILES string of the molecule is CCc1ccccc1NC(=O)c1snnc1-c1cccc(OC)c1. The fourth-order valence-corrected chi connectivity index (χ4v) is 3.01. The molecule has 2 aromatic carbocycles. The number of carbonyl (C=O) groups excluding carboxylic acids is 1. The molecule has 24 heavy (non-hydrogen) atoms. The van der Waals surface area contributed by atoms with E-state index >= 15 is 0 Å². The lowest BCUT2D eigenvalue weighted by atomic mass is 10.1. The number of benzene rings is 2. The standard InChI is InChI=1S/C18H17N3O2S/c1-3-12-7-4-5-10-15(12)19-18(22)17-16(20-21-24-17)13-8-6-9-14(11-13)23-2/h4-11H,3H2,1-2H3,(H,19,22). The number of ether oxygens (including phenoxy) is 1. The molecule has 0 unspecified atom stereocenters. The lowest BCUT2D eigenvalue weighted by Gasteiger charge is -2.09. The van der Waals surface area contributed by atoms with Gasteiger partial charge in [0.1, 0.15) is 16.3 Å². The highest BCUT2D eigenvalue weighted by atomic mass is 32.1. The van der Waals surface area contributed by atoms with Gasteiger partial charge in [0.25, 0.3) is 5.91 Å². The van der Waals surface area contributed by atoms with E-state index in [9.17, 15) is 4.79 Å². The van der Waals surface area contributed by atoms with Gasteiger partial charge < -0.3 is 10.1 Å². The van der Waals surface area contributed by atoms with E-state index in [-0.39, 0.29) is 5.91 Å². The molecular formula is C18H17N3O2S. The molecular weight excluding hydrogens is 322 g/mol. The van der Waals surface area contributed by atoms with E-state index in [1.54, 1.807) is 7.11 Å². The van der Waals surface area contributed by atoms with Crippen LogP contribution in [0.15, 0.2) is 48.5 Å². The third-order valence-electron chi connectivity index (χ3n) is 3.68. The van der Waals surface area contributed by atoms with Crippen molar-refractivity contribution in [2.45, 2.75) is 13.3 Å². The number of amides is 1. The Kier molecular flexibility index (Phi) is 4.86. The van der Waals surface area contributed by atoms with Crippen LogP contribution in [0.4, 0.5) is 5.69 Å². The fraction of sp³-hybridized carbons (Fsp3) is 0.167. The number of rotatable bonds is 5. The van der Waals surface area contributed by atoms with Gasteiger partial charge in [-0.15, -0.1) is 5.10 Å². The van der Waals surface area contributed by atoms with Crippen LogP contribution in [0, 0.1) is 0 Å². The summed E-state index contributed by atoms with van der Waals surface area (Å²) < 4.78 is 9.18. The molecule has 3 aromatic rings. The molecule has 3 rings (SSSR count). The summed E-state index contributed by atoms with van der Waals surface area (Å²) in [5.74, 6) is 0.506. The zero-order chi connectivity index (χ0) is 16.9. The van der Waals surface area contributed by atoms with Gasteiger partial charge in [-0.3, -0.25) is 4.79 Å². The lowest BCUT2D eigenvalue weighted by molar-refractivity contribution is 0.103.